The predicted molar refractivity (Wildman–Crippen MR) is 134 cm³/mol. The standard InChI is InChI=1S/C25H23ClN4O5/c1-16-6-9-19(13-22(16)26)28-23(31)15-35-20-10-7-17(8-11-20)14-27-30-25(33)24(32)29-18-4-3-5-21(12-18)34-2/h3-14H,15H2,1-2H3,(H,28,31)(H,29,32)(H,30,33)/b27-14-. The van der Waals surface area contributed by atoms with Crippen LogP contribution in [0.4, 0.5) is 11.4 Å². The van der Waals surface area contributed by atoms with Crippen LogP contribution < -0.4 is 25.5 Å². The largest absolute Gasteiger partial charge is 0.497 e. The Morgan fingerprint density at radius 2 is 1.66 bits per heavy atom. The van der Waals surface area contributed by atoms with E-state index >= 15 is 0 Å². The third-order valence-corrected chi connectivity index (χ3v) is 5.03. The number of halogens is 1. The highest BCUT2D eigenvalue weighted by molar-refractivity contribution is 6.39. The van der Waals surface area contributed by atoms with Gasteiger partial charge in [-0.2, -0.15) is 5.10 Å². The average molecular weight is 495 g/mol. The first-order valence-electron chi connectivity index (χ1n) is 10.4. The molecular formula is C25H23ClN4O5. The molecule has 0 unspecified atom stereocenters. The number of nitrogens with zero attached hydrogens (tertiary/aromatic N) is 1. The van der Waals surface area contributed by atoms with Crippen LogP contribution in [0.2, 0.25) is 5.02 Å². The van der Waals surface area contributed by atoms with Crippen LogP contribution in [0.3, 0.4) is 0 Å². The second-order valence-electron chi connectivity index (χ2n) is 7.26. The van der Waals surface area contributed by atoms with Crippen LogP contribution in [-0.4, -0.2) is 37.7 Å². The first-order valence-corrected chi connectivity index (χ1v) is 10.8. The lowest BCUT2D eigenvalue weighted by Crippen LogP contribution is -2.32. The fraction of sp³-hybridized carbons (Fsp3) is 0.120. The van der Waals surface area contributed by atoms with Gasteiger partial charge in [-0.15, -0.1) is 0 Å². The van der Waals surface area contributed by atoms with Crippen molar-refractivity contribution in [2.45, 2.75) is 6.92 Å². The van der Waals surface area contributed by atoms with E-state index in [-0.39, 0.29) is 12.5 Å². The molecule has 35 heavy (non-hydrogen) atoms. The summed E-state index contributed by atoms with van der Waals surface area (Å²) >= 11 is 6.06. The van der Waals surface area contributed by atoms with E-state index in [0.29, 0.717) is 33.5 Å². The number of nitrogens with one attached hydrogen (secondary N) is 3. The second-order valence-corrected chi connectivity index (χ2v) is 7.66. The molecule has 0 atom stereocenters. The van der Waals surface area contributed by atoms with Crippen LogP contribution in [0.5, 0.6) is 11.5 Å². The Balaban J connectivity index is 1.43. The molecule has 180 valence electrons. The SMILES string of the molecule is COc1cccc(NC(=O)C(=O)N/N=C\c2ccc(OCC(=O)Nc3ccc(C)c(Cl)c3)cc2)c1. The molecule has 3 amide bonds. The maximum absolute atomic E-state index is 12.1. The molecule has 0 aliphatic rings. The molecule has 0 spiro atoms. The van der Waals surface area contributed by atoms with Gasteiger partial charge in [0, 0.05) is 22.5 Å². The molecule has 0 aromatic heterocycles. The van der Waals surface area contributed by atoms with Gasteiger partial charge in [0.2, 0.25) is 0 Å². The molecule has 9 nitrogen and oxygen atoms in total. The van der Waals surface area contributed by atoms with Crippen molar-refractivity contribution in [3.05, 3.63) is 82.9 Å². The van der Waals surface area contributed by atoms with Crippen molar-refractivity contribution >= 4 is 46.9 Å². The summed E-state index contributed by atoms with van der Waals surface area (Å²) in [6, 6.07) is 18.5. The van der Waals surface area contributed by atoms with E-state index in [1.165, 1.54) is 13.3 Å². The molecule has 0 saturated heterocycles. The molecular weight excluding hydrogens is 472 g/mol. The highest BCUT2D eigenvalue weighted by Crippen LogP contribution is 2.20. The number of carbonyl (C=O) groups excluding carboxylic acids is 3. The van der Waals surface area contributed by atoms with Crippen molar-refractivity contribution in [3.8, 4) is 11.5 Å². The van der Waals surface area contributed by atoms with Crippen LogP contribution in [0.1, 0.15) is 11.1 Å². The Bertz CT molecular complexity index is 1240. The van der Waals surface area contributed by atoms with Crippen molar-refractivity contribution in [3.63, 3.8) is 0 Å². The monoisotopic (exact) mass is 494 g/mol. The zero-order valence-corrected chi connectivity index (χ0v) is 19.8. The van der Waals surface area contributed by atoms with Gasteiger partial charge in [0.1, 0.15) is 11.5 Å². The lowest BCUT2D eigenvalue weighted by molar-refractivity contribution is -0.136. The van der Waals surface area contributed by atoms with Crippen molar-refractivity contribution in [2.75, 3.05) is 24.4 Å². The van der Waals surface area contributed by atoms with Gasteiger partial charge in [-0.3, -0.25) is 14.4 Å². The van der Waals surface area contributed by atoms with Crippen molar-refractivity contribution in [1.29, 1.82) is 0 Å². The van der Waals surface area contributed by atoms with E-state index in [2.05, 4.69) is 21.2 Å². The summed E-state index contributed by atoms with van der Waals surface area (Å²) in [6.07, 6.45) is 1.37. The van der Waals surface area contributed by atoms with E-state index in [1.807, 2.05) is 13.0 Å². The summed E-state index contributed by atoms with van der Waals surface area (Å²) < 4.78 is 10.5. The topological polar surface area (TPSA) is 118 Å². The third-order valence-electron chi connectivity index (χ3n) is 4.62. The zero-order chi connectivity index (χ0) is 25.2. The highest BCUT2D eigenvalue weighted by atomic mass is 35.5. The number of hydrazone groups is 1. The minimum absolute atomic E-state index is 0.183. The second kappa shape index (κ2) is 12.2. The Kier molecular flexibility index (Phi) is 8.80. The first-order chi connectivity index (χ1) is 16.8. The fourth-order valence-electron chi connectivity index (χ4n) is 2.77. The summed E-state index contributed by atoms with van der Waals surface area (Å²) in [6.45, 7) is 1.69. The molecule has 0 fully saturated rings. The van der Waals surface area contributed by atoms with Crippen molar-refractivity contribution in [1.82, 2.24) is 5.43 Å². The summed E-state index contributed by atoms with van der Waals surface area (Å²) in [4.78, 5) is 36.0. The number of anilines is 2. The molecule has 0 bridgehead atoms. The fourth-order valence-corrected chi connectivity index (χ4v) is 2.95. The normalized spacial score (nSPS) is 10.5. The maximum Gasteiger partial charge on any atom is 0.329 e. The van der Waals surface area contributed by atoms with E-state index in [4.69, 9.17) is 21.1 Å². The number of carbonyl (C=O) groups is 3. The summed E-state index contributed by atoms with van der Waals surface area (Å²) in [5, 5.41) is 9.51. The van der Waals surface area contributed by atoms with E-state index in [0.717, 1.165) is 5.56 Å². The Labute approximate surface area is 207 Å². The number of methoxy groups -OCH3 is 1. The maximum atomic E-state index is 12.1. The Morgan fingerprint density at radius 1 is 0.914 bits per heavy atom. The smallest absolute Gasteiger partial charge is 0.329 e. The van der Waals surface area contributed by atoms with Gasteiger partial charge in [-0.05, 0) is 66.6 Å². The molecule has 10 heteroatoms. The molecule has 0 radical (unpaired) electrons. The summed E-state index contributed by atoms with van der Waals surface area (Å²) in [5.41, 5.74) is 4.72. The zero-order valence-electron chi connectivity index (χ0n) is 19.0. The number of aryl methyl sites for hydroxylation is 1. The number of rotatable bonds is 8. The number of ether oxygens (including phenoxy) is 2. The van der Waals surface area contributed by atoms with Gasteiger partial charge in [0.25, 0.3) is 5.91 Å². The van der Waals surface area contributed by atoms with Crippen molar-refractivity contribution < 1.29 is 23.9 Å². The Hall–Kier alpha value is -4.37. The van der Waals surface area contributed by atoms with E-state index in [1.54, 1.807) is 60.7 Å². The van der Waals surface area contributed by atoms with Gasteiger partial charge in [0.05, 0.1) is 13.3 Å². The van der Waals surface area contributed by atoms with Gasteiger partial charge in [-0.1, -0.05) is 23.7 Å². The lowest BCUT2D eigenvalue weighted by atomic mass is 10.2. The minimum atomic E-state index is -0.926. The van der Waals surface area contributed by atoms with Crippen LogP contribution in [0.25, 0.3) is 0 Å². The molecule has 3 N–H and O–H groups in total. The van der Waals surface area contributed by atoms with E-state index < -0.39 is 11.8 Å². The molecule has 0 heterocycles. The first kappa shape index (κ1) is 25.3. The molecule has 3 rings (SSSR count). The number of hydrogen-bond acceptors (Lipinski definition) is 6. The molecule has 3 aromatic carbocycles. The van der Waals surface area contributed by atoms with Gasteiger partial charge >= 0.3 is 11.8 Å². The molecule has 0 aliphatic carbocycles. The number of amides is 3. The highest BCUT2D eigenvalue weighted by Gasteiger charge is 2.13. The number of hydrogen-bond donors (Lipinski definition) is 3. The van der Waals surface area contributed by atoms with Crippen LogP contribution in [-0.2, 0) is 14.4 Å². The van der Waals surface area contributed by atoms with Crippen LogP contribution in [0.15, 0.2) is 71.8 Å². The summed E-state index contributed by atoms with van der Waals surface area (Å²) in [7, 11) is 1.50. The van der Waals surface area contributed by atoms with E-state index in [9.17, 15) is 14.4 Å². The lowest BCUT2D eigenvalue weighted by Gasteiger charge is -2.09. The van der Waals surface area contributed by atoms with Crippen LogP contribution >= 0.6 is 11.6 Å². The quantitative estimate of drug-likeness (QED) is 0.250. The van der Waals surface area contributed by atoms with Crippen molar-refractivity contribution in [2.24, 2.45) is 5.10 Å². The molecule has 0 saturated carbocycles. The molecule has 3 aromatic rings. The minimum Gasteiger partial charge on any atom is -0.497 e. The van der Waals surface area contributed by atoms with Gasteiger partial charge < -0.3 is 20.1 Å². The summed E-state index contributed by atoms with van der Waals surface area (Å²) in [5.74, 6) is -1.10. The number of benzene rings is 3. The average Bonchev–Trinajstić information content (AvgIpc) is 2.85. The van der Waals surface area contributed by atoms with Gasteiger partial charge in [-0.25, -0.2) is 5.43 Å². The van der Waals surface area contributed by atoms with Gasteiger partial charge in [0.15, 0.2) is 6.61 Å². The molecule has 0 aliphatic heterocycles. The predicted octanol–water partition coefficient (Wildman–Crippen LogP) is 3.76. The van der Waals surface area contributed by atoms with Crippen LogP contribution in [0, 0.1) is 6.92 Å². The Morgan fingerprint density at radius 3 is 2.37 bits per heavy atom. The third kappa shape index (κ3) is 7.86.